The van der Waals surface area contributed by atoms with Crippen LogP contribution in [0.2, 0.25) is 0 Å². The number of hydrogen-bond acceptors (Lipinski definition) is 5. The topological polar surface area (TPSA) is 124 Å². The van der Waals surface area contributed by atoms with E-state index in [1.165, 1.54) is 0 Å². The van der Waals surface area contributed by atoms with E-state index in [0.29, 0.717) is 29.9 Å². The molecule has 1 saturated carbocycles. The number of primary amides is 1. The van der Waals surface area contributed by atoms with Gasteiger partial charge < -0.3 is 11.5 Å². The number of pyridine rings is 1. The summed E-state index contributed by atoms with van der Waals surface area (Å²) in [5, 5.41) is 15.4. The molecule has 7 heteroatoms. The average molecular weight is 408 g/mol. The monoisotopic (exact) mass is 408 g/mol. The number of hydrogen-bond donors (Lipinski definition) is 2. The summed E-state index contributed by atoms with van der Waals surface area (Å²) in [5.74, 6) is -0.155. The number of carbonyl (C=O) groups excluding carboxylic acids is 1. The largest absolute Gasteiger partial charge is 0.383 e. The van der Waals surface area contributed by atoms with E-state index in [-0.39, 0.29) is 17.9 Å². The van der Waals surface area contributed by atoms with Crippen molar-refractivity contribution in [1.29, 1.82) is 5.26 Å². The standard InChI is InChI=1S/C24H20N6O/c25-13-19-22(29-30(23(19)26)18-10-17(11-18)24(27)31)16-7-6-15-8-9-20(28-21(15)12-16)14-4-2-1-3-5-14/h1-9,12,17-18H,10-11,26H2,(H2,27,31). The van der Waals surface area contributed by atoms with E-state index in [9.17, 15) is 10.1 Å². The number of aromatic nitrogens is 3. The lowest BCUT2D eigenvalue weighted by Gasteiger charge is -2.33. The molecule has 1 aliphatic rings. The number of anilines is 1. The molecule has 7 nitrogen and oxygen atoms in total. The Kier molecular flexibility index (Phi) is 4.41. The van der Waals surface area contributed by atoms with Crippen LogP contribution in [0.1, 0.15) is 24.4 Å². The molecule has 1 aliphatic carbocycles. The van der Waals surface area contributed by atoms with Crippen LogP contribution in [0.15, 0.2) is 60.7 Å². The molecule has 1 fully saturated rings. The fraction of sp³-hybridized carbons (Fsp3) is 0.167. The van der Waals surface area contributed by atoms with Gasteiger partial charge in [0.05, 0.1) is 17.3 Å². The molecule has 0 aliphatic heterocycles. The van der Waals surface area contributed by atoms with E-state index in [0.717, 1.165) is 27.7 Å². The minimum absolute atomic E-state index is 0.0263. The van der Waals surface area contributed by atoms with Gasteiger partial charge in [0.1, 0.15) is 23.1 Å². The van der Waals surface area contributed by atoms with Crippen LogP contribution in [0, 0.1) is 17.2 Å². The van der Waals surface area contributed by atoms with Gasteiger partial charge in [-0.1, -0.05) is 48.5 Å². The van der Waals surface area contributed by atoms with Crippen molar-refractivity contribution in [2.45, 2.75) is 18.9 Å². The van der Waals surface area contributed by atoms with Crippen molar-refractivity contribution in [3.05, 3.63) is 66.2 Å². The maximum absolute atomic E-state index is 11.3. The van der Waals surface area contributed by atoms with Crippen LogP contribution in [0.25, 0.3) is 33.4 Å². The molecule has 5 rings (SSSR count). The van der Waals surface area contributed by atoms with Gasteiger partial charge >= 0.3 is 0 Å². The predicted octanol–water partition coefficient (Wildman–Crippen LogP) is 3.66. The maximum atomic E-state index is 11.3. The van der Waals surface area contributed by atoms with Crippen LogP contribution in [-0.2, 0) is 4.79 Å². The summed E-state index contributed by atoms with van der Waals surface area (Å²) in [6.45, 7) is 0. The summed E-state index contributed by atoms with van der Waals surface area (Å²) in [6, 6.07) is 22.0. The zero-order valence-electron chi connectivity index (χ0n) is 16.7. The second-order valence-corrected chi connectivity index (χ2v) is 7.86. The Labute approximate surface area is 178 Å². The van der Waals surface area contributed by atoms with Crippen molar-refractivity contribution in [2.75, 3.05) is 5.73 Å². The summed E-state index contributed by atoms with van der Waals surface area (Å²) in [7, 11) is 0. The van der Waals surface area contributed by atoms with Gasteiger partial charge in [-0.05, 0) is 25.0 Å². The lowest BCUT2D eigenvalue weighted by atomic mass is 9.80. The highest BCUT2D eigenvalue weighted by atomic mass is 16.1. The summed E-state index contributed by atoms with van der Waals surface area (Å²) in [6.07, 6.45) is 1.18. The Balaban J connectivity index is 1.55. The van der Waals surface area contributed by atoms with Crippen LogP contribution in [0.4, 0.5) is 5.82 Å². The van der Waals surface area contributed by atoms with Crippen molar-refractivity contribution >= 4 is 22.6 Å². The molecule has 4 N–H and O–H groups in total. The number of nitrogens with zero attached hydrogens (tertiary/aromatic N) is 4. The van der Waals surface area contributed by atoms with Gasteiger partial charge in [0, 0.05) is 22.4 Å². The molecule has 31 heavy (non-hydrogen) atoms. The Hall–Kier alpha value is -4.18. The molecule has 0 saturated heterocycles. The van der Waals surface area contributed by atoms with Crippen molar-refractivity contribution in [3.8, 4) is 28.6 Å². The fourth-order valence-electron chi connectivity index (χ4n) is 4.09. The van der Waals surface area contributed by atoms with Gasteiger partial charge in [-0.2, -0.15) is 10.4 Å². The van der Waals surface area contributed by atoms with Gasteiger partial charge in [0.25, 0.3) is 0 Å². The molecule has 1 amide bonds. The van der Waals surface area contributed by atoms with Gasteiger partial charge in [0.2, 0.25) is 5.91 Å². The highest BCUT2D eigenvalue weighted by Gasteiger charge is 2.36. The van der Waals surface area contributed by atoms with Crippen molar-refractivity contribution < 1.29 is 4.79 Å². The molecule has 0 bridgehead atoms. The first-order chi connectivity index (χ1) is 15.0. The van der Waals surface area contributed by atoms with Crippen LogP contribution >= 0.6 is 0 Å². The molecule has 0 radical (unpaired) electrons. The molecule has 0 spiro atoms. The summed E-state index contributed by atoms with van der Waals surface area (Å²) < 4.78 is 1.66. The van der Waals surface area contributed by atoms with Crippen LogP contribution in [0.5, 0.6) is 0 Å². The number of carbonyl (C=O) groups is 1. The van der Waals surface area contributed by atoms with Gasteiger partial charge in [-0.15, -0.1) is 0 Å². The summed E-state index contributed by atoms with van der Waals surface area (Å²) >= 11 is 0. The molecule has 2 heterocycles. The Bertz CT molecular complexity index is 1350. The average Bonchev–Trinajstić information content (AvgIpc) is 3.08. The number of nitrogen functional groups attached to an aromatic ring is 1. The number of nitriles is 1. The normalized spacial score (nSPS) is 17.8. The third-order valence-electron chi connectivity index (χ3n) is 5.96. The Morgan fingerprint density at radius 1 is 1.06 bits per heavy atom. The second-order valence-electron chi connectivity index (χ2n) is 7.86. The third kappa shape index (κ3) is 3.19. The van der Waals surface area contributed by atoms with Gasteiger partial charge in [-0.3, -0.25) is 4.79 Å². The summed E-state index contributed by atoms with van der Waals surface area (Å²) in [4.78, 5) is 16.2. The Morgan fingerprint density at radius 2 is 1.81 bits per heavy atom. The third-order valence-corrected chi connectivity index (χ3v) is 5.96. The minimum atomic E-state index is -0.308. The number of amides is 1. The first-order valence-corrected chi connectivity index (χ1v) is 10.1. The van der Waals surface area contributed by atoms with Crippen molar-refractivity contribution in [2.24, 2.45) is 11.7 Å². The fourth-order valence-corrected chi connectivity index (χ4v) is 4.09. The highest BCUT2D eigenvalue weighted by molar-refractivity contribution is 5.87. The molecule has 2 aromatic carbocycles. The lowest BCUT2D eigenvalue weighted by molar-refractivity contribution is -0.125. The predicted molar refractivity (Wildman–Crippen MR) is 118 cm³/mol. The zero-order valence-corrected chi connectivity index (χ0v) is 16.7. The van der Waals surface area contributed by atoms with E-state index >= 15 is 0 Å². The van der Waals surface area contributed by atoms with Crippen molar-refractivity contribution in [3.63, 3.8) is 0 Å². The van der Waals surface area contributed by atoms with Crippen LogP contribution in [0.3, 0.4) is 0 Å². The first kappa shape index (κ1) is 18.8. The molecule has 2 aromatic heterocycles. The molecule has 4 aromatic rings. The summed E-state index contributed by atoms with van der Waals surface area (Å²) in [5.41, 5.74) is 16.0. The number of fused-ring (bicyclic) bond motifs is 1. The molecule has 0 unspecified atom stereocenters. The minimum Gasteiger partial charge on any atom is -0.383 e. The maximum Gasteiger partial charge on any atom is 0.220 e. The van der Waals surface area contributed by atoms with E-state index in [1.54, 1.807) is 4.68 Å². The molecule has 0 atom stereocenters. The lowest BCUT2D eigenvalue weighted by Crippen LogP contribution is -2.37. The van der Waals surface area contributed by atoms with Crippen molar-refractivity contribution in [1.82, 2.24) is 14.8 Å². The Morgan fingerprint density at radius 3 is 2.52 bits per heavy atom. The molecular weight excluding hydrogens is 388 g/mol. The second kappa shape index (κ2) is 7.26. The number of nitrogens with two attached hydrogens (primary N) is 2. The van der Waals surface area contributed by atoms with Crippen LogP contribution in [-0.4, -0.2) is 20.7 Å². The van der Waals surface area contributed by atoms with E-state index < -0.39 is 0 Å². The zero-order chi connectivity index (χ0) is 21.5. The number of rotatable bonds is 4. The van der Waals surface area contributed by atoms with Gasteiger partial charge in [0.15, 0.2) is 0 Å². The van der Waals surface area contributed by atoms with Crippen LogP contribution < -0.4 is 11.5 Å². The van der Waals surface area contributed by atoms with Gasteiger partial charge in [-0.25, -0.2) is 9.67 Å². The smallest absolute Gasteiger partial charge is 0.220 e. The number of benzene rings is 2. The van der Waals surface area contributed by atoms with E-state index in [4.69, 9.17) is 16.5 Å². The van der Waals surface area contributed by atoms with E-state index in [1.807, 2.05) is 60.7 Å². The highest BCUT2D eigenvalue weighted by Crippen LogP contribution is 2.41. The first-order valence-electron chi connectivity index (χ1n) is 10.1. The molecule has 152 valence electrons. The van der Waals surface area contributed by atoms with E-state index in [2.05, 4.69) is 11.2 Å². The quantitative estimate of drug-likeness (QED) is 0.533. The SMILES string of the molecule is N#Cc1c(-c2ccc3ccc(-c4ccccc4)nc3c2)nn(C2CC(C(N)=O)C2)c1N. The molecular formula is C24H20N6O.